The van der Waals surface area contributed by atoms with Crippen molar-refractivity contribution in [2.45, 2.75) is 39.2 Å². The molecule has 3 heteroatoms. The second-order valence-electron chi connectivity index (χ2n) is 5.56. The minimum atomic E-state index is 0.227. The highest BCUT2D eigenvalue weighted by atomic mass is 35.5. The maximum atomic E-state index is 6.11. The lowest BCUT2D eigenvalue weighted by molar-refractivity contribution is 0.749. The van der Waals surface area contributed by atoms with Gasteiger partial charge in [-0.2, -0.15) is 0 Å². The van der Waals surface area contributed by atoms with Crippen LogP contribution in [0.3, 0.4) is 0 Å². The Morgan fingerprint density at radius 3 is 2.05 bits per heavy atom. The van der Waals surface area contributed by atoms with Crippen molar-refractivity contribution < 1.29 is 0 Å². The molecule has 0 heterocycles. The van der Waals surface area contributed by atoms with Crippen LogP contribution >= 0.6 is 23.2 Å². The van der Waals surface area contributed by atoms with Gasteiger partial charge in [-0.25, -0.2) is 0 Å². The molecule has 1 nitrogen and oxygen atoms in total. The lowest BCUT2D eigenvalue weighted by atomic mass is 10.0. The van der Waals surface area contributed by atoms with Crippen molar-refractivity contribution in [3.05, 3.63) is 63.6 Å². The third kappa shape index (κ3) is 4.15. The van der Waals surface area contributed by atoms with Crippen LogP contribution in [0.1, 0.15) is 50.3 Å². The maximum absolute atomic E-state index is 6.11. The van der Waals surface area contributed by atoms with E-state index in [1.165, 1.54) is 5.56 Å². The van der Waals surface area contributed by atoms with E-state index in [4.69, 9.17) is 23.2 Å². The Hall–Kier alpha value is -1.18. The maximum Gasteiger partial charge on any atom is 0.0595 e. The highest BCUT2D eigenvalue weighted by Gasteiger charge is 2.11. The van der Waals surface area contributed by atoms with Crippen LogP contribution < -0.4 is 5.32 Å². The molecule has 0 fully saturated rings. The average Bonchev–Trinajstić information content (AvgIpc) is 2.48. The number of hydrogen-bond acceptors (Lipinski definition) is 1. The largest absolute Gasteiger partial charge is 0.378 e. The minimum Gasteiger partial charge on any atom is -0.378 e. The molecular weight excluding hydrogens is 301 g/mol. The zero-order valence-electron chi connectivity index (χ0n) is 12.7. The second kappa shape index (κ2) is 7.20. The van der Waals surface area contributed by atoms with Crippen LogP contribution in [0, 0.1) is 0 Å². The molecule has 0 aliphatic rings. The molecule has 1 N–H and O–H groups in total. The number of halogens is 2. The second-order valence-corrected chi connectivity index (χ2v) is 6.37. The molecule has 0 amide bonds. The van der Waals surface area contributed by atoms with E-state index in [0.29, 0.717) is 16.0 Å². The molecule has 0 aliphatic heterocycles. The zero-order chi connectivity index (χ0) is 15.4. The molecule has 21 heavy (non-hydrogen) atoms. The number of nitrogens with one attached hydrogen (secondary N) is 1. The number of hydrogen-bond donors (Lipinski definition) is 1. The van der Waals surface area contributed by atoms with Crippen LogP contribution in [0.15, 0.2) is 42.5 Å². The molecular formula is C18H21Cl2N. The summed E-state index contributed by atoms with van der Waals surface area (Å²) >= 11 is 12.1. The van der Waals surface area contributed by atoms with Crippen LogP contribution in [0.4, 0.5) is 5.69 Å². The van der Waals surface area contributed by atoms with Gasteiger partial charge in [-0.05, 0) is 47.7 Å². The van der Waals surface area contributed by atoms with Crippen LogP contribution in [-0.4, -0.2) is 0 Å². The quantitative estimate of drug-likeness (QED) is 0.647. The van der Waals surface area contributed by atoms with E-state index in [2.05, 4.69) is 50.4 Å². The van der Waals surface area contributed by atoms with Gasteiger partial charge in [-0.1, -0.05) is 62.2 Å². The van der Waals surface area contributed by atoms with Gasteiger partial charge < -0.3 is 5.32 Å². The van der Waals surface area contributed by atoms with Gasteiger partial charge in [0.25, 0.3) is 0 Å². The first kappa shape index (κ1) is 16.2. The average molecular weight is 322 g/mol. The molecule has 1 atom stereocenters. The van der Waals surface area contributed by atoms with Gasteiger partial charge in [0.05, 0.1) is 16.1 Å². The Morgan fingerprint density at radius 1 is 0.905 bits per heavy atom. The van der Waals surface area contributed by atoms with Gasteiger partial charge >= 0.3 is 0 Å². The normalized spacial score (nSPS) is 12.5. The summed E-state index contributed by atoms with van der Waals surface area (Å²) in [6.45, 7) is 6.56. The Kier molecular flexibility index (Phi) is 5.55. The number of anilines is 1. The molecule has 112 valence electrons. The fourth-order valence-electron chi connectivity index (χ4n) is 2.32. The molecule has 0 radical (unpaired) electrons. The summed E-state index contributed by atoms with van der Waals surface area (Å²) in [5.41, 5.74) is 3.63. The molecule has 2 aromatic carbocycles. The molecule has 2 aromatic rings. The number of rotatable bonds is 5. The molecule has 0 aromatic heterocycles. The Labute approximate surface area is 137 Å². The van der Waals surface area contributed by atoms with Gasteiger partial charge in [0.1, 0.15) is 0 Å². The predicted molar refractivity (Wildman–Crippen MR) is 93.6 cm³/mol. The fourth-order valence-corrected chi connectivity index (χ4v) is 2.62. The number of benzene rings is 2. The summed E-state index contributed by atoms with van der Waals surface area (Å²) < 4.78 is 0. The van der Waals surface area contributed by atoms with Crippen LogP contribution in [0.2, 0.25) is 10.0 Å². The van der Waals surface area contributed by atoms with E-state index in [9.17, 15) is 0 Å². The Bertz CT molecular complexity index is 591. The highest BCUT2D eigenvalue weighted by molar-refractivity contribution is 6.42. The molecule has 0 aliphatic carbocycles. The monoisotopic (exact) mass is 321 g/mol. The molecule has 0 saturated heterocycles. The Morgan fingerprint density at radius 2 is 1.52 bits per heavy atom. The van der Waals surface area contributed by atoms with E-state index in [0.717, 1.165) is 17.7 Å². The highest BCUT2D eigenvalue weighted by Crippen LogP contribution is 2.29. The van der Waals surface area contributed by atoms with E-state index in [1.807, 2.05) is 18.2 Å². The van der Waals surface area contributed by atoms with Crippen molar-refractivity contribution in [2.24, 2.45) is 0 Å². The van der Waals surface area contributed by atoms with Gasteiger partial charge in [0.2, 0.25) is 0 Å². The molecule has 0 spiro atoms. The lowest BCUT2D eigenvalue weighted by Gasteiger charge is -2.20. The summed E-state index contributed by atoms with van der Waals surface area (Å²) in [6.07, 6.45) is 0.976. The predicted octanol–water partition coefficient (Wildman–Crippen LogP) is 6.68. The molecule has 2 rings (SSSR count). The summed E-state index contributed by atoms with van der Waals surface area (Å²) in [5, 5.41) is 4.75. The molecule has 1 unspecified atom stereocenters. The van der Waals surface area contributed by atoms with Gasteiger partial charge in [-0.3, -0.25) is 0 Å². The van der Waals surface area contributed by atoms with Crippen LogP contribution in [0.5, 0.6) is 0 Å². The standard InChI is InChI=1S/C18H21Cl2N/c1-4-18(14-7-10-16(19)17(20)11-14)21-15-8-5-13(6-9-15)12(2)3/h5-12,18,21H,4H2,1-3H3. The van der Waals surface area contributed by atoms with Gasteiger partial charge in [-0.15, -0.1) is 0 Å². The first-order valence-corrected chi connectivity index (χ1v) is 8.08. The fraction of sp³-hybridized carbons (Fsp3) is 0.333. The van der Waals surface area contributed by atoms with Crippen LogP contribution in [0.25, 0.3) is 0 Å². The van der Waals surface area contributed by atoms with Crippen molar-refractivity contribution in [3.8, 4) is 0 Å². The topological polar surface area (TPSA) is 12.0 Å². The van der Waals surface area contributed by atoms with Gasteiger partial charge in [0, 0.05) is 5.69 Å². The van der Waals surface area contributed by atoms with E-state index >= 15 is 0 Å². The zero-order valence-corrected chi connectivity index (χ0v) is 14.2. The lowest BCUT2D eigenvalue weighted by Crippen LogP contribution is -2.09. The SMILES string of the molecule is CCC(Nc1ccc(C(C)C)cc1)c1ccc(Cl)c(Cl)c1. The molecule has 0 bridgehead atoms. The van der Waals surface area contributed by atoms with Crippen LogP contribution in [-0.2, 0) is 0 Å². The minimum absolute atomic E-state index is 0.227. The third-order valence-electron chi connectivity index (χ3n) is 3.67. The summed E-state index contributed by atoms with van der Waals surface area (Å²) in [7, 11) is 0. The Balaban J connectivity index is 2.16. The summed E-state index contributed by atoms with van der Waals surface area (Å²) in [5.74, 6) is 0.552. The molecule has 0 saturated carbocycles. The van der Waals surface area contributed by atoms with Crippen molar-refractivity contribution >= 4 is 28.9 Å². The summed E-state index contributed by atoms with van der Waals surface area (Å²) in [4.78, 5) is 0. The van der Waals surface area contributed by atoms with E-state index in [-0.39, 0.29) is 6.04 Å². The van der Waals surface area contributed by atoms with Gasteiger partial charge in [0.15, 0.2) is 0 Å². The van der Waals surface area contributed by atoms with E-state index in [1.54, 1.807) is 0 Å². The van der Waals surface area contributed by atoms with Crippen molar-refractivity contribution in [1.82, 2.24) is 0 Å². The first-order valence-electron chi connectivity index (χ1n) is 7.32. The first-order chi connectivity index (χ1) is 10.0. The van der Waals surface area contributed by atoms with E-state index < -0.39 is 0 Å². The van der Waals surface area contributed by atoms with Crippen molar-refractivity contribution in [1.29, 1.82) is 0 Å². The van der Waals surface area contributed by atoms with Crippen molar-refractivity contribution in [2.75, 3.05) is 5.32 Å². The smallest absolute Gasteiger partial charge is 0.0595 e. The van der Waals surface area contributed by atoms with Crippen molar-refractivity contribution in [3.63, 3.8) is 0 Å². The third-order valence-corrected chi connectivity index (χ3v) is 4.41. The summed E-state index contributed by atoms with van der Waals surface area (Å²) in [6, 6.07) is 14.7.